The average Bonchev–Trinajstić information content (AvgIpc) is 2.74. The molecule has 3 nitrogen and oxygen atoms in total. The highest BCUT2D eigenvalue weighted by atomic mass is 19.0. The smallest absolute Gasteiger partial charge is 0.335 e. The molecule has 4 heteroatoms. The summed E-state index contributed by atoms with van der Waals surface area (Å²) < 4.78 is 5.04. The molecule has 24 heavy (non-hydrogen) atoms. The summed E-state index contributed by atoms with van der Waals surface area (Å²) in [5, 5.41) is 3.53. The van der Waals surface area contributed by atoms with E-state index in [0.717, 1.165) is 11.1 Å². The zero-order valence-corrected chi connectivity index (χ0v) is 14.1. The largest absolute Gasteiger partial charge is 0.466 e. The van der Waals surface area contributed by atoms with Gasteiger partial charge in [0.25, 0.3) is 0 Å². The van der Waals surface area contributed by atoms with Crippen molar-refractivity contribution in [3.05, 3.63) is 75.9 Å². The molecule has 1 N–H and O–H groups in total. The van der Waals surface area contributed by atoms with Crippen molar-refractivity contribution in [2.75, 3.05) is 7.11 Å². The molecule has 126 valence electrons. The lowest BCUT2D eigenvalue weighted by Crippen LogP contribution is -2.26. The van der Waals surface area contributed by atoms with Gasteiger partial charge in [0.15, 0.2) is 0 Å². The molecule has 0 aliphatic carbocycles. The second-order valence-electron chi connectivity index (χ2n) is 5.91. The number of rotatable bonds is 2. The molecule has 0 radical (unpaired) electrons. The van der Waals surface area contributed by atoms with E-state index < -0.39 is 0 Å². The van der Waals surface area contributed by atoms with Crippen LogP contribution in [0.5, 0.6) is 0 Å². The summed E-state index contributed by atoms with van der Waals surface area (Å²) in [4.78, 5) is 12.4. The van der Waals surface area contributed by atoms with Crippen LogP contribution in [0.1, 0.15) is 33.9 Å². The molecular formula is C20H22FNO2. The molecule has 0 aromatic heterocycles. The summed E-state index contributed by atoms with van der Waals surface area (Å²) in [6.45, 7) is 4.87. The Hall–Kier alpha value is -2.46. The normalized spacial score (nSPS) is 16.3. The fourth-order valence-corrected chi connectivity index (χ4v) is 3.24. The number of fused-ring (bicyclic) bond motifs is 1. The van der Waals surface area contributed by atoms with Crippen molar-refractivity contribution >= 4 is 12.0 Å². The minimum Gasteiger partial charge on any atom is -0.466 e. The van der Waals surface area contributed by atoms with Gasteiger partial charge < -0.3 is 10.1 Å². The molecule has 2 aromatic carbocycles. The van der Waals surface area contributed by atoms with E-state index in [1.54, 1.807) is 0 Å². The van der Waals surface area contributed by atoms with Crippen LogP contribution in [0.2, 0.25) is 0 Å². The van der Waals surface area contributed by atoms with Crippen LogP contribution in [-0.2, 0) is 16.1 Å². The van der Waals surface area contributed by atoms with Crippen LogP contribution in [0, 0.1) is 13.8 Å². The maximum atomic E-state index is 12.4. The topological polar surface area (TPSA) is 38.3 Å². The number of aryl methyl sites for hydroxylation is 2. The maximum absolute atomic E-state index is 12.4. The first-order valence-electron chi connectivity index (χ1n) is 7.79. The van der Waals surface area contributed by atoms with E-state index in [0.29, 0.717) is 12.1 Å². The zero-order valence-electron chi connectivity index (χ0n) is 14.1. The molecule has 3 rings (SSSR count). The predicted octanol–water partition coefficient (Wildman–Crippen LogP) is 3.86. The molecule has 0 fully saturated rings. The van der Waals surface area contributed by atoms with E-state index in [1.807, 2.05) is 30.3 Å². The van der Waals surface area contributed by atoms with Gasteiger partial charge in [0.1, 0.15) is 0 Å². The van der Waals surface area contributed by atoms with Gasteiger partial charge in [-0.3, -0.25) is 4.70 Å². The first-order chi connectivity index (χ1) is 11.1. The van der Waals surface area contributed by atoms with E-state index in [2.05, 4.69) is 37.4 Å². The van der Waals surface area contributed by atoms with Crippen molar-refractivity contribution in [1.29, 1.82) is 0 Å². The predicted molar refractivity (Wildman–Crippen MR) is 94.4 cm³/mol. The number of esters is 1. The van der Waals surface area contributed by atoms with E-state index in [-0.39, 0.29) is 16.7 Å². The van der Waals surface area contributed by atoms with E-state index >= 15 is 0 Å². The Kier molecular flexibility index (Phi) is 5.52. The highest BCUT2D eigenvalue weighted by molar-refractivity contribution is 5.96. The van der Waals surface area contributed by atoms with Crippen molar-refractivity contribution in [2.45, 2.75) is 26.4 Å². The molecule has 1 unspecified atom stereocenters. The highest BCUT2D eigenvalue weighted by Gasteiger charge is 2.28. The number of benzene rings is 2. The van der Waals surface area contributed by atoms with Crippen molar-refractivity contribution in [1.82, 2.24) is 5.32 Å². The highest BCUT2D eigenvalue weighted by Crippen LogP contribution is 2.32. The number of carbonyl (C=O) groups is 1. The number of ether oxygens (including phenoxy) is 1. The Morgan fingerprint density at radius 1 is 1.08 bits per heavy atom. The molecule has 1 atom stereocenters. The van der Waals surface area contributed by atoms with E-state index in [9.17, 15) is 4.79 Å². The van der Waals surface area contributed by atoms with E-state index in [1.165, 1.54) is 23.8 Å². The third kappa shape index (κ3) is 3.24. The van der Waals surface area contributed by atoms with Crippen LogP contribution in [0.4, 0.5) is 4.70 Å². The van der Waals surface area contributed by atoms with Crippen molar-refractivity contribution in [3.63, 3.8) is 0 Å². The number of nitrogens with one attached hydrogen (secondary N) is 1. The van der Waals surface area contributed by atoms with Crippen molar-refractivity contribution in [2.24, 2.45) is 0 Å². The van der Waals surface area contributed by atoms with Gasteiger partial charge in [-0.05, 0) is 47.7 Å². The van der Waals surface area contributed by atoms with Crippen LogP contribution < -0.4 is 5.32 Å². The number of methoxy groups -OCH3 is 1. The number of hydrogen-bond donors (Lipinski definition) is 1. The zero-order chi connectivity index (χ0) is 16.4. The van der Waals surface area contributed by atoms with Gasteiger partial charge in [-0.1, -0.05) is 42.5 Å². The van der Waals surface area contributed by atoms with Crippen LogP contribution in [0.25, 0.3) is 6.08 Å². The molecule has 2 aromatic rings. The van der Waals surface area contributed by atoms with Gasteiger partial charge in [0, 0.05) is 6.54 Å². The second-order valence-corrected chi connectivity index (χ2v) is 5.91. The molecule has 0 saturated heterocycles. The number of halogens is 1. The van der Waals surface area contributed by atoms with Gasteiger partial charge in [-0.2, -0.15) is 0 Å². The van der Waals surface area contributed by atoms with Gasteiger partial charge in [0.05, 0.1) is 18.7 Å². The molecule has 1 heterocycles. The fraction of sp³-hybridized carbons (Fsp3) is 0.250. The summed E-state index contributed by atoms with van der Waals surface area (Å²) in [7, 11) is 1.43. The molecule has 0 spiro atoms. The molecular weight excluding hydrogens is 305 g/mol. The second kappa shape index (κ2) is 7.41. The van der Waals surface area contributed by atoms with Crippen LogP contribution in [-0.4, -0.2) is 13.1 Å². The van der Waals surface area contributed by atoms with Gasteiger partial charge in [-0.15, -0.1) is 0 Å². The minimum absolute atomic E-state index is 0. The summed E-state index contributed by atoms with van der Waals surface area (Å²) in [5.41, 5.74) is 6.38. The van der Waals surface area contributed by atoms with Crippen LogP contribution >= 0.6 is 0 Å². The summed E-state index contributed by atoms with van der Waals surface area (Å²) in [6.07, 6.45) is 1.96. The van der Waals surface area contributed by atoms with E-state index in [4.69, 9.17) is 4.74 Å². The summed E-state index contributed by atoms with van der Waals surface area (Å²) >= 11 is 0. The van der Waals surface area contributed by atoms with Gasteiger partial charge in [-0.25, -0.2) is 4.79 Å². The molecule has 0 bridgehead atoms. The Morgan fingerprint density at radius 2 is 1.75 bits per heavy atom. The monoisotopic (exact) mass is 327 g/mol. The van der Waals surface area contributed by atoms with Crippen molar-refractivity contribution in [3.8, 4) is 0 Å². The first kappa shape index (κ1) is 17.9. The summed E-state index contributed by atoms with van der Waals surface area (Å²) in [6, 6.07) is 14.2. The maximum Gasteiger partial charge on any atom is 0.335 e. The van der Waals surface area contributed by atoms with Gasteiger partial charge in [0.2, 0.25) is 0 Å². The van der Waals surface area contributed by atoms with Gasteiger partial charge >= 0.3 is 5.97 Å². The molecule has 0 amide bonds. The Bertz CT molecular complexity index is 763. The molecule has 1 aliphatic rings. The van der Waals surface area contributed by atoms with Crippen LogP contribution in [0.3, 0.4) is 0 Å². The Morgan fingerprint density at radius 3 is 2.42 bits per heavy atom. The lowest BCUT2D eigenvalue weighted by atomic mass is 9.90. The SMILES string of the molecule is COC(=O)C1=Cc2ccccc2CNC1c1c(C)cccc1C.F. The minimum atomic E-state index is -0.290. The lowest BCUT2D eigenvalue weighted by Gasteiger charge is -2.23. The average molecular weight is 327 g/mol. The Labute approximate surface area is 141 Å². The standard InChI is InChI=1S/C20H21NO2.FH/c1-13-7-6-8-14(2)18(13)19-17(20(22)23-3)11-15-9-4-5-10-16(15)12-21-19;/h4-11,19,21H,12H2,1-3H3;1H. The quantitative estimate of drug-likeness (QED) is 0.851. The first-order valence-corrected chi connectivity index (χ1v) is 7.79. The third-order valence-corrected chi connectivity index (χ3v) is 4.43. The molecule has 0 saturated carbocycles. The number of carbonyl (C=O) groups excluding carboxylic acids is 1. The van der Waals surface area contributed by atoms with Crippen molar-refractivity contribution < 1.29 is 14.2 Å². The number of hydrogen-bond acceptors (Lipinski definition) is 3. The third-order valence-electron chi connectivity index (χ3n) is 4.43. The summed E-state index contributed by atoms with van der Waals surface area (Å²) in [5.74, 6) is -0.290. The lowest BCUT2D eigenvalue weighted by molar-refractivity contribution is -0.136. The molecule has 1 aliphatic heterocycles. The fourth-order valence-electron chi connectivity index (χ4n) is 3.24. The Balaban J connectivity index is 0.00000208. The van der Waals surface area contributed by atoms with Crippen LogP contribution in [0.15, 0.2) is 48.0 Å².